The zero-order valence-electron chi connectivity index (χ0n) is 20.3. The highest BCUT2D eigenvalue weighted by atomic mass is 35.5. The summed E-state index contributed by atoms with van der Waals surface area (Å²) in [5, 5.41) is 0.547. The second-order valence-electron chi connectivity index (χ2n) is 10.2. The van der Waals surface area contributed by atoms with Crippen LogP contribution in [0.15, 0.2) is 48.5 Å². The van der Waals surface area contributed by atoms with Gasteiger partial charge in [-0.3, -0.25) is 4.79 Å². The fourth-order valence-electron chi connectivity index (χ4n) is 3.79. The van der Waals surface area contributed by atoms with Crippen molar-refractivity contribution in [1.29, 1.82) is 0 Å². The van der Waals surface area contributed by atoms with Crippen LogP contribution in [0.25, 0.3) is 0 Å². The molecular formula is C25H30Cl2F3NO3Si. The van der Waals surface area contributed by atoms with E-state index in [1.54, 1.807) is 48.5 Å². The molecule has 0 bridgehead atoms. The van der Waals surface area contributed by atoms with Gasteiger partial charge in [0, 0.05) is 10.0 Å². The van der Waals surface area contributed by atoms with Crippen LogP contribution < -0.4 is 0 Å². The Labute approximate surface area is 215 Å². The molecule has 0 unspecified atom stereocenters. The number of hydrogen-bond acceptors (Lipinski definition) is 3. The van der Waals surface area contributed by atoms with Crippen molar-refractivity contribution >= 4 is 37.4 Å². The van der Waals surface area contributed by atoms with Crippen LogP contribution in [0.4, 0.5) is 13.2 Å². The molecule has 0 radical (unpaired) electrons. The first-order valence-electron chi connectivity index (χ1n) is 11.3. The van der Waals surface area contributed by atoms with Crippen molar-refractivity contribution in [2.75, 3.05) is 13.2 Å². The molecule has 2 aromatic rings. The number of nitrogens with zero attached hydrogens (tertiary/aromatic N) is 1. The Morgan fingerprint density at radius 1 is 1.06 bits per heavy atom. The lowest BCUT2D eigenvalue weighted by Gasteiger charge is -2.47. The number of ether oxygens (including phenoxy) is 1. The zero-order chi connectivity index (χ0) is 26.2. The second kappa shape index (κ2) is 10.4. The topological polar surface area (TPSA) is 38.8 Å². The van der Waals surface area contributed by atoms with Crippen LogP contribution in [0.1, 0.15) is 44.0 Å². The molecule has 0 aliphatic carbocycles. The predicted octanol–water partition coefficient (Wildman–Crippen LogP) is 7.59. The fourth-order valence-corrected chi connectivity index (χ4v) is 5.12. The van der Waals surface area contributed by atoms with Crippen LogP contribution in [0, 0.1) is 0 Å². The van der Waals surface area contributed by atoms with E-state index in [4.69, 9.17) is 32.4 Å². The minimum absolute atomic E-state index is 0.295. The Bertz CT molecular complexity index is 1040. The van der Waals surface area contributed by atoms with Crippen LogP contribution in [0.2, 0.25) is 28.2 Å². The molecule has 3 rings (SSSR count). The van der Waals surface area contributed by atoms with Crippen molar-refractivity contribution in [2.24, 2.45) is 0 Å². The molecule has 1 aliphatic heterocycles. The van der Waals surface area contributed by atoms with Crippen molar-refractivity contribution < 1.29 is 27.1 Å². The van der Waals surface area contributed by atoms with Crippen molar-refractivity contribution in [3.8, 4) is 0 Å². The minimum atomic E-state index is -4.72. The third-order valence-electron chi connectivity index (χ3n) is 6.77. The quantitative estimate of drug-likeness (QED) is 0.349. The summed E-state index contributed by atoms with van der Waals surface area (Å²) in [4.78, 5) is 14.0. The van der Waals surface area contributed by atoms with Gasteiger partial charge in [0.05, 0.1) is 12.6 Å². The van der Waals surface area contributed by atoms with E-state index >= 15 is 0 Å². The number of alkyl halides is 3. The van der Waals surface area contributed by atoms with Crippen molar-refractivity contribution in [1.82, 2.24) is 4.90 Å². The molecule has 0 saturated carbocycles. The van der Waals surface area contributed by atoms with Crippen LogP contribution in [-0.2, 0) is 14.0 Å². The smallest absolute Gasteiger partial charge is 0.411 e. The third-order valence-corrected chi connectivity index (χ3v) is 11.8. The van der Waals surface area contributed by atoms with Crippen LogP contribution in [0.5, 0.6) is 0 Å². The lowest BCUT2D eigenvalue weighted by atomic mass is 9.91. The van der Waals surface area contributed by atoms with Gasteiger partial charge in [-0.15, -0.1) is 0 Å². The molecule has 1 fully saturated rings. The molecule has 1 amide bonds. The van der Waals surface area contributed by atoms with E-state index in [9.17, 15) is 18.0 Å². The SMILES string of the molecule is CC(C)(C)[Si](C)(C)OC[C@@H](N1C(=O)CO[C@H](c2cccc(Cl)c2)[C@H]1c1ccc(Cl)cc1)C(F)(F)F. The van der Waals surface area contributed by atoms with Crippen molar-refractivity contribution in [2.45, 2.75) is 63.3 Å². The molecule has 35 heavy (non-hydrogen) atoms. The Kier molecular flexibility index (Phi) is 8.33. The number of carbonyl (C=O) groups is 1. The molecule has 0 aromatic heterocycles. The maximum atomic E-state index is 14.6. The summed E-state index contributed by atoms with van der Waals surface area (Å²) >= 11 is 12.2. The summed E-state index contributed by atoms with van der Waals surface area (Å²) in [7, 11) is -2.53. The molecule has 3 atom stereocenters. The Morgan fingerprint density at radius 2 is 1.69 bits per heavy atom. The normalized spacial score (nSPS) is 20.7. The van der Waals surface area contributed by atoms with E-state index in [0.717, 1.165) is 4.90 Å². The number of halogens is 5. The maximum Gasteiger partial charge on any atom is 0.411 e. The van der Waals surface area contributed by atoms with Gasteiger partial charge in [-0.2, -0.15) is 13.2 Å². The van der Waals surface area contributed by atoms with Crippen molar-refractivity contribution in [3.63, 3.8) is 0 Å². The standard InChI is InChI=1S/C25H30Cl2F3NO3Si/c1-24(2,3)35(4,5)34-14-20(25(28,29)30)31-21(32)15-33-23(17-7-6-8-19(27)13-17)22(31)16-9-11-18(26)12-10-16/h6-13,20,22-23H,14-15H2,1-5H3/t20-,22-,23-/m1/s1. The summed E-state index contributed by atoms with van der Waals surface area (Å²) in [5.74, 6) is -0.760. The van der Waals surface area contributed by atoms with Gasteiger partial charge in [0.1, 0.15) is 12.7 Å². The number of carbonyl (C=O) groups excluding carboxylic acids is 1. The molecule has 192 valence electrons. The first-order chi connectivity index (χ1) is 16.1. The highest BCUT2D eigenvalue weighted by Gasteiger charge is 2.53. The van der Waals surface area contributed by atoms with E-state index in [1.165, 1.54) is 0 Å². The van der Waals surface area contributed by atoms with E-state index in [-0.39, 0.29) is 5.04 Å². The van der Waals surface area contributed by atoms with E-state index < -0.39 is 51.8 Å². The van der Waals surface area contributed by atoms with E-state index in [1.807, 2.05) is 33.9 Å². The van der Waals surface area contributed by atoms with Gasteiger partial charge in [0.25, 0.3) is 0 Å². The molecule has 1 aliphatic rings. The first kappa shape index (κ1) is 28.0. The molecule has 1 heterocycles. The van der Waals surface area contributed by atoms with Crippen LogP contribution in [0.3, 0.4) is 0 Å². The number of hydrogen-bond donors (Lipinski definition) is 0. The summed E-state index contributed by atoms with van der Waals surface area (Å²) < 4.78 is 55.5. The monoisotopic (exact) mass is 547 g/mol. The van der Waals surface area contributed by atoms with E-state index in [2.05, 4.69) is 0 Å². The summed E-state index contributed by atoms with van der Waals surface area (Å²) in [6.07, 6.45) is -5.59. The summed E-state index contributed by atoms with van der Waals surface area (Å²) in [6.45, 7) is 8.47. The Morgan fingerprint density at radius 3 is 2.23 bits per heavy atom. The molecule has 2 aromatic carbocycles. The van der Waals surface area contributed by atoms with Gasteiger partial charge in [-0.1, -0.05) is 68.2 Å². The van der Waals surface area contributed by atoms with Crippen LogP contribution in [-0.4, -0.2) is 44.6 Å². The molecule has 0 N–H and O–H groups in total. The first-order valence-corrected chi connectivity index (χ1v) is 14.9. The average Bonchev–Trinajstić information content (AvgIpc) is 2.73. The summed E-state index contributed by atoms with van der Waals surface area (Å²) in [5.41, 5.74) is 1.04. The lowest BCUT2D eigenvalue weighted by Crippen LogP contribution is -2.58. The number of morpholine rings is 1. The molecular weight excluding hydrogens is 518 g/mol. The second-order valence-corrected chi connectivity index (χ2v) is 15.9. The fraction of sp³-hybridized carbons (Fsp3) is 0.480. The zero-order valence-corrected chi connectivity index (χ0v) is 22.8. The third kappa shape index (κ3) is 6.41. The van der Waals surface area contributed by atoms with Gasteiger partial charge >= 0.3 is 6.18 Å². The largest absolute Gasteiger partial charge is 0.414 e. The van der Waals surface area contributed by atoms with Crippen molar-refractivity contribution in [3.05, 3.63) is 69.7 Å². The maximum absolute atomic E-state index is 14.6. The summed E-state index contributed by atoms with van der Waals surface area (Å²) in [6, 6.07) is 9.89. The van der Waals surface area contributed by atoms with Gasteiger partial charge in [-0.05, 0) is 53.5 Å². The number of benzene rings is 2. The van der Waals surface area contributed by atoms with Gasteiger partial charge in [0.2, 0.25) is 5.91 Å². The average molecular weight is 549 g/mol. The Hall–Kier alpha value is -1.58. The van der Waals surface area contributed by atoms with Gasteiger partial charge < -0.3 is 14.1 Å². The molecule has 1 saturated heterocycles. The Balaban J connectivity index is 2.10. The number of amides is 1. The van der Waals surface area contributed by atoms with Crippen LogP contribution >= 0.6 is 23.2 Å². The van der Waals surface area contributed by atoms with Gasteiger partial charge in [0.15, 0.2) is 14.4 Å². The predicted molar refractivity (Wildman–Crippen MR) is 134 cm³/mol. The molecule has 0 spiro atoms. The highest BCUT2D eigenvalue weighted by molar-refractivity contribution is 6.74. The highest BCUT2D eigenvalue weighted by Crippen LogP contribution is 2.45. The van der Waals surface area contributed by atoms with E-state index in [0.29, 0.717) is 21.2 Å². The minimum Gasteiger partial charge on any atom is -0.414 e. The number of rotatable bonds is 6. The molecule has 4 nitrogen and oxygen atoms in total. The van der Waals surface area contributed by atoms with Gasteiger partial charge in [-0.25, -0.2) is 0 Å². The molecule has 10 heteroatoms. The lowest BCUT2D eigenvalue weighted by molar-refractivity contribution is -0.219.